The standard InChI is InChI=1S/C21H24N4O2S/c1-13-6-4-8-17(14(13)2)23-19(26)11-25(3)12-20(27)24-21-16(10-22)15-7-5-9-18(15)28-21/h4,6,8H,5,7,9,11-12H2,1-3H3,(H,23,26)(H,24,27). The Bertz CT molecular complexity index is 958. The average Bonchev–Trinajstić information content (AvgIpc) is 3.19. The minimum Gasteiger partial charge on any atom is -0.325 e. The van der Waals surface area contributed by atoms with E-state index in [9.17, 15) is 14.9 Å². The van der Waals surface area contributed by atoms with E-state index >= 15 is 0 Å². The fraction of sp³-hybridized carbons (Fsp3) is 0.381. The molecule has 7 heteroatoms. The predicted molar refractivity (Wildman–Crippen MR) is 112 cm³/mol. The van der Waals surface area contributed by atoms with Crippen molar-refractivity contribution >= 4 is 33.8 Å². The van der Waals surface area contributed by atoms with Crippen LogP contribution in [0.25, 0.3) is 0 Å². The third-order valence-corrected chi connectivity index (χ3v) is 6.20. The Balaban J connectivity index is 1.54. The summed E-state index contributed by atoms with van der Waals surface area (Å²) < 4.78 is 0. The second-order valence-electron chi connectivity index (χ2n) is 7.19. The van der Waals surface area contributed by atoms with Gasteiger partial charge in [-0.15, -0.1) is 11.3 Å². The second kappa shape index (κ2) is 8.55. The molecule has 0 aliphatic heterocycles. The maximum atomic E-state index is 12.4. The zero-order valence-corrected chi connectivity index (χ0v) is 17.2. The molecule has 3 rings (SSSR count). The molecule has 1 aromatic heterocycles. The van der Waals surface area contributed by atoms with Gasteiger partial charge in [0.1, 0.15) is 11.1 Å². The lowest BCUT2D eigenvalue weighted by atomic mass is 10.1. The van der Waals surface area contributed by atoms with E-state index in [0.29, 0.717) is 10.6 Å². The molecule has 0 saturated heterocycles. The number of aryl methyl sites for hydroxylation is 2. The predicted octanol–water partition coefficient (Wildman–Crippen LogP) is 3.23. The first-order valence-electron chi connectivity index (χ1n) is 9.28. The summed E-state index contributed by atoms with van der Waals surface area (Å²) in [6.45, 7) is 4.14. The van der Waals surface area contributed by atoms with Crippen LogP contribution in [0.4, 0.5) is 10.7 Å². The van der Waals surface area contributed by atoms with Gasteiger partial charge in [-0.05, 0) is 62.9 Å². The van der Waals surface area contributed by atoms with Crippen molar-refractivity contribution in [1.82, 2.24) is 4.90 Å². The number of fused-ring (bicyclic) bond motifs is 1. The molecule has 0 unspecified atom stereocenters. The number of nitrogens with zero attached hydrogens (tertiary/aromatic N) is 2. The molecule has 0 saturated carbocycles. The first-order valence-corrected chi connectivity index (χ1v) is 10.1. The Morgan fingerprint density at radius 1 is 1.18 bits per heavy atom. The van der Waals surface area contributed by atoms with Crippen molar-refractivity contribution in [3.63, 3.8) is 0 Å². The lowest BCUT2D eigenvalue weighted by Crippen LogP contribution is -2.36. The summed E-state index contributed by atoms with van der Waals surface area (Å²) >= 11 is 1.49. The molecule has 2 amide bonds. The fourth-order valence-electron chi connectivity index (χ4n) is 3.40. The van der Waals surface area contributed by atoms with E-state index in [-0.39, 0.29) is 24.9 Å². The van der Waals surface area contributed by atoms with Crippen LogP contribution in [0.2, 0.25) is 0 Å². The smallest absolute Gasteiger partial charge is 0.239 e. The molecule has 1 heterocycles. The summed E-state index contributed by atoms with van der Waals surface area (Å²) in [5.41, 5.74) is 4.62. The highest BCUT2D eigenvalue weighted by molar-refractivity contribution is 7.16. The molecule has 0 spiro atoms. The molecule has 1 aliphatic carbocycles. The number of amides is 2. The van der Waals surface area contributed by atoms with Crippen LogP contribution in [-0.2, 0) is 22.4 Å². The molecular formula is C21H24N4O2S. The number of hydrogen-bond acceptors (Lipinski definition) is 5. The summed E-state index contributed by atoms with van der Waals surface area (Å²) in [4.78, 5) is 27.5. The first kappa shape index (κ1) is 20.1. The molecule has 0 fully saturated rings. The van der Waals surface area contributed by atoms with E-state index < -0.39 is 0 Å². The molecule has 28 heavy (non-hydrogen) atoms. The summed E-state index contributed by atoms with van der Waals surface area (Å²) in [6, 6.07) is 7.99. The number of benzene rings is 1. The zero-order valence-electron chi connectivity index (χ0n) is 16.4. The van der Waals surface area contributed by atoms with Gasteiger partial charge in [-0.1, -0.05) is 12.1 Å². The largest absolute Gasteiger partial charge is 0.325 e. The Labute approximate surface area is 169 Å². The summed E-state index contributed by atoms with van der Waals surface area (Å²) in [7, 11) is 1.72. The van der Waals surface area contributed by atoms with Crippen LogP contribution in [0.3, 0.4) is 0 Å². The first-order chi connectivity index (χ1) is 13.4. The number of thiophene rings is 1. The molecule has 1 aromatic carbocycles. The number of hydrogen-bond donors (Lipinski definition) is 2. The Hall–Kier alpha value is -2.69. The SMILES string of the molecule is Cc1cccc(NC(=O)CN(C)CC(=O)Nc2sc3c(c2C#N)CCC3)c1C. The van der Waals surface area contributed by atoms with E-state index in [1.165, 1.54) is 16.2 Å². The Morgan fingerprint density at radius 2 is 1.89 bits per heavy atom. The molecule has 2 aromatic rings. The van der Waals surface area contributed by atoms with Gasteiger partial charge in [-0.25, -0.2) is 0 Å². The topological polar surface area (TPSA) is 85.2 Å². The molecule has 0 radical (unpaired) electrons. The lowest BCUT2D eigenvalue weighted by Gasteiger charge is -2.17. The van der Waals surface area contributed by atoms with Gasteiger partial charge < -0.3 is 10.6 Å². The van der Waals surface area contributed by atoms with E-state index in [1.807, 2.05) is 32.0 Å². The Kier molecular flexibility index (Phi) is 6.12. The monoisotopic (exact) mass is 396 g/mol. The van der Waals surface area contributed by atoms with Crippen molar-refractivity contribution < 1.29 is 9.59 Å². The van der Waals surface area contributed by atoms with Gasteiger partial charge in [-0.2, -0.15) is 5.26 Å². The summed E-state index contributed by atoms with van der Waals surface area (Å²) in [5, 5.41) is 15.8. The minimum absolute atomic E-state index is 0.0770. The van der Waals surface area contributed by atoms with Crippen LogP contribution in [0.5, 0.6) is 0 Å². The van der Waals surface area contributed by atoms with E-state index in [2.05, 4.69) is 16.7 Å². The molecule has 0 bridgehead atoms. The normalized spacial score (nSPS) is 12.5. The van der Waals surface area contributed by atoms with Crippen molar-refractivity contribution in [3.05, 3.63) is 45.3 Å². The van der Waals surface area contributed by atoms with E-state index in [0.717, 1.165) is 41.6 Å². The highest BCUT2D eigenvalue weighted by Crippen LogP contribution is 2.38. The van der Waals surface area contributed by atoms with Crippen LogP contribution in [0, 0.1) is 25.2 Å². The highest BCUT2D eigenvalue weighted by Gasteiger charge is 2.23. The fourth-order valence-corrected chi connectivity index (χ4v) is 4.66. The lowest BCUT2D eigenvalue weighted by molar-refractivity contribution is -0.119. The number of carbonyl (C=O) groups is 2. The second-order valence-corrected chi connectivity index (χ2v) is 8.29. The van der Waals surface area contributed by atoms with Gasteiger partial charge in [-0.3, -0.25) is 14.5 Å². The maximum Gasteiger partial charge on any atom is 0.239 e. The van der Waals surface area contributed by atoms with Crippen LogP contribution in [-0.4, -0.2) is 36.9 Å². The van der Waals surface area contributed by atoms with Gasteiger partial charge in [0.15, 0.2) is 0 Å². The molecular weight excluding hydrogens is 372 g/mol. The average molecular weight is 397 g/mol. The van der Waals surface area contributed by atoms with Gasteiger partial charge in [0, 0.05) is 10.6 Å². The maximum absolute atomic E-state index is 12.4. The highest BCUT2D eigenvalue weighted by atomic mass is 32.1. The van der Waals surface area contributed by atoms with Crippen molar-refractivity contribution in [2.75, 3.05) is 30.8 Å². The van der Waals surface area contributed by atoms with E-state index in [4.69, 9.17) is 0 Å². The molecule has 1 aliphatic rings. The van der Waals surface area contributed by atoms with Crippen molar-refractivity contribution in [3.8, 4) is 6.07 Å². The summed E-state index contributed by atoms with van der Waals surface area (Å²) in [5.74, 6) is -0.393. The summed E-state index contributed by atoms with van der Waals surface area (Å²) in [6.07, 6.45) is 2.95. The van der Waals surface area contributed by atoms with Gasteiger partial charge in [0.05, 0.1) is 18.7 Å². The number of anilines is 2. The van der Waals surface area contributed by atoms with Crippen LogP contribution in [0.15, 0.2) is 18.2 Å². The van der Waals surface area contributed by atoms with E-state index in [1.54, 1.807) is 11.9 Å². The van der Waals surface area contributed by atoms with Gasteiger partial charge >= 0.3 is 0 Å². The quantitative estimate of drug-likeness (QED) is 0.785. The van der Waals surface area contributed by atoms with Crippen LogP contribution >= 0.6 is 11.3 Å². The van der Waals surface area contributed by atoms with Crippen LogP contribution in [0.1, 0.15) is 33.6 Å². The number of rotatable bonds is 6. The van der Waals surface area contributed by atoms with Crippen molar-refractivity contribution in [1.29, 1.82) is 5.26 Å². The Morgan fingerprint density at radius 3 is 2.61 bits per heavy atom. The molecule has 2 N–H and O–H groups in total. The third-order valence-electron chi connectivity index (χ3n) is 4.99. The molecule has 0 atom stereocenters. The van der Waals surface area contributed by atoms with Crippen molar-refractivity contribution in [2.24, 2.45) is 0 Å². The number of carbonyl (C=O) groups excluding carboxylic acids is 2. The number of likely N-dealkylation sites (N-methyl/N-ethyl adjacent to an activating group) is 1. The molecule has 146 valence electrons. The van der Waals surface area contributed by atoms with Gasteiger partial charge in [0.25, 0.3) is 0 Å². The number of nitrogens with one attached hydrogen (secondary N) is 2. The number of nitriles is 1. The zero-order chi connectivity index (χ0) is 20.3. The minimum atomic E-state index is -0.224. The van der Waals surface area contributed by atoms with Gasteiger partial charge in [0.2, 0.25) is 11.8 Å². The van der Waals surface area contributed by atoms with Crippen LogP contribution < -0.4 is 10.6 Å². The molecule has 6 nitrogen and oxygen atoms in total. The van der Waals surface area contributed by atoms with Crippen molar-refractivity contribution in [2.45, 2.75) is 33.1 Å². The third kappa shape index (κ3) is 4.41.